The molecule has 0 amide bonds. The Morgan fingerprint density at radius 2 is 1.89 bits per heavy atom. The molecule has 8 nitrogen and oxygen atoms in total. The lowest BCUT2D eigenvalue weighted by molar-refractivity contribution is 0.236. The van der Waals surface area contributed by atoms with Crippen LogP contribution in [0.1, 0.15) is 11.1 Å². The highest BCUT2D eigenvalue weighted by Crippen LogP contribution is 2.21. The molecule has 10 heteroatoms. The fourth-order valence-electron chi connectivity index (χ4n) is 2.16. The number of aliphatic imine (C=N–C) groups is 1. The molecule has 1 heterocycles. The molecule has 0 bridgehead atoms. The van der Waals surface area contributed by atoms with E-state index in [1.165, 1.54) is 11.8 Å². The van der Waals surface area contributed by atoms with Crippen molar-refractivity contribution in [3.05, 3.63) is 70.7 Å². The highest BCUT2D eigenvalue weighted by molar-refractivity contribution is 7.98. The van der Waals surface area contributed by atoms with Crippen LogP contribution in [0.3, 0.4) is 0 Å². The third-order valence-corrected chi connectivity index (χ3v) is 4.60. The largest absolute Gasteiger partial charge is 0.410 e. The van der Waals surface area contributed by atoms with Gasteiger partial charge in [-0.25, -0.2) is 5.10 Å². The van der Waals surface area contributed by atoms with Crippen molar-refractivity contribution in [2.75, 3.05) is 0 Å². The Hall–Kier alpha value is -2.88. The molecule has 138 valence electrons. The number of nitrogens with one attached hydrogen (secondary N) is 2. The van der Waals surface area contributed by atoms with E-state index in [4.69, 9.17) is 11.6 Å². The van der Waals surface area contributed by atoms with Gasteiger partial charge in [0.05, 0.1) is 0 Å². The van der Waals surface area contributed by atoms with Gasteiger partial charge in [0.1, 0.15) is 0 Å². The summed E-state index contributed by atoms with van der Waals surface area (Å²) >= 11 is 7.29. The van der Waals surface area contributed by atoms with Gasteiger partial charge in [-0.05, 0) is 17.7 Å². The van der Waals surface area contributed by atoms with Crippen molar-refractivity contribution in [1.82, 2.24) is 20.7 Å². The average molecular weight is 403 g/mol. The first-order chi connectivity index (χ1) is 13.2. The molecule has 0 aliphatic rings. The minimum atomic E-state index is -0.0749. The standard InChI is InChI=1S/C17H15ClN6O2S/c18-13-8-6-11(7-9-13)10-27-17-20-16(21-22-17)19-15(24-26)14(23-25)12-4-2-1-3-5-12/h1-9,25-26H,10H2,(H2,19,20,21,22,24). The van der Waals surface area contributed by atoms with Crippen molar-refractivity contribution in [2.24, 2.45) is 10.1 Å². The summed E-state index contributed by atoms with van der Waals surface area (Å²) in [5.74, 6) is 0.743. The normalized spacial score (nSPS) is 12.2. The monoisotopic (exact) mass is 402 g/mol. The third kappa shape index (κ3) is 5.07. The molecule has 3 rings (SSSR count). The third-order valence-electron chi connectivity index (χ3n) is 3.43. The summed E-state index contributed by atoms with van der Waals surface area (Å²) in [5, 5.41) is 29.8. The summed E-state index contributed by atoms with van der Waals surface area (Å²) in [5.41, 5.74) is 3.63. The van der Waals surface area contributed by atoms with E-state index < -0.39 is 0 Å². The van der Waals surface area contributed by atoms with Crippen LogP contribution >= 0.6 is 23.4 Å². The minimum Gasteiger partial charge on any atom is -0.410 e. The summed E-state index contributed by atoms with van der Waals surface area (Å²) < 4.78 is 0. The van der Waals surface area contributed by atoms with Gasteiger partial charge in [0.2, 0.25) is 11.1 Å². The first kappa shape index (κ1) is 18.9. The fourth-order valence-corrected chi connectivity index (χ4v) is 3.03. The molecule has 27 heavy (non-hydrogen) atoms. The van der Waals surface area contributed by atoms with Crippen LogP contribution in [0.25, 0.3) is 0 Å². The fraction of sp³-hybridized carbons (Fsp3) is 0.0588. The number of hydrogen-bond donors (Lipinski definition) is 4. The van der Waals surface area contributed by atoms with Gasteiger partial charge in [-0.3, -0.25) is 10.7 Å². The predicted octanol–water partition coefficient (Wildman–Crippen LogP) is 3.64. The van der Waals surface area contributed by atoms with E-state index in [2.05, 4.69) is 25.3 Å². The maximum absolute atomic E-state index is 9.38. The molecule has 0 spiro atoms. The number of hydrogen-bond acceptors (Lipinski definition) is 7. The van der Waals surface area contributed by atoms with Crippen molar-refractivity contribution in [3.63, 3.8) is 0 Å². The summed E-state index contributed by atoms with van der Waals surface area (Å²) in [6.45, 7) is 0. The molecule has 0 unspecified atom stereocenters. The van der Waals surface area contributed by atoms with Crippen LogP contribution in [0, 0.1) is 0 Å². The first-order valence-corrected chi connectivity index (χ1v) is 9.12. The van der Waals surface area contributed by atoms with Gasteiger partial charge in [0.15, 0.2) is 11.5 Å². The summed E-state index contributed by atoms with van der Waals surface area (Å²) in [6.07, 6.45) is 0. The zero-order valence-corrected chi connectivity index (χ0v) is 15.4. The van der Waals surface area contributed by atoms with Crippen LogP contribution in [0.2, 0.25) is 5.02 Å². The number of amidine groups is 1. The number of thioether (sulfide) groups is 1. The number of rotatable bonds is 6. The lowest BCUT2D eigenvalue weighted by atomic mass is 10.1. The Bertz CT molecular complexity index is 944. The zero-order valence-electron chi connectivity index (χ0n) is 13.9. The summed E-state index contributed by atoms with van der Waals surface area (Å²) in [7, 11) is 0. The number of aromatic nitrogens is 3. The van der Waals surface area contributed by atoms with Crippen molar-refractivity contribution < 1.29 is 10.4 Å². The lowest BCUT2D eigenvalue weighted by Crippen LogP contribution is -2.29. The van der Waals surface area contributed by atoms with Gasteiger partial charge >= 0.3 is 0 Å². The summed E-state index contributed by atoms with van der Waals surface area (Å²) in [4.78, 5) is 8.35. The Morgan fingerprint density at radius 3 is 2.56 bits per heavy atom. The molecule has 2 aromatic carbocycles. The SMILES string of the molecule is ON=C(C(=Nc1nc(SCc2ccc(Cl)cc2)n[nH]1)NO)c1ccccc1. The van der Waals surface area contributed by atoms with E-state index in [-0.39, 0.29) is 17.5 Å². The van der Waals surface area contributed by atoms with Gasteiger partial charge in [0, 0.05) is 16.3 Å². The van der Waals surface area contributed by atoms with Gasteiger partial charge in [-0.2, -0.15) is 9.98 Å². The van der Waals surface area contributed by atoms with Crippen LogP contribution < -0.4 is 5.48 Å². The first-order valence-electron chi connectivity index (χ1n) is 7.76. The zero-order chi connectivity index (χ0) is 19.1. The molecular weight excluding hydrogens is 388 g/mol. The molecule has 0 aliphatic carbocycles. The van der Waals surface area contributed by atoms with E-state index in [0.717, 1.165) is 5.56 Å². The second-order valence-electron chi connectivity index (χ2n) is 5.24. The van der Waals surface area contributed by atoms with Crippen LogP contribution in [0.5, 0.6) is 0 Å². The highest BCUT2D eigenvalue weighted by atomic mass is 35.5. The number of hydroxylamine groups is 1. The topological polar surface area (TPSA) is 119 Å². The molecule has 4 N–H and O–H groups in total. The number of H-pyrrole nitrogens is 1. The van der Waals surface area contributed by atoms with Crippen LogP contribution in [-0.4, -0.2) is 37.1 Å². The van der Waals surface area contributed by atoms with Gasteiger partial charge < -0.3 is 5.21 Å². The Morgan fingerprint density at radius 1 is 1.15 bits per heavy atom. The molecule has 3 aromatic rings. The predicted molar refractivity (Wildman–Crippen MR) is 104 cm³/mol. The highest BCUT2D eigenvalue weighted by Gasteiger charge is 2.14. The van der Waals surface area contributed by atoms with E-state index in [1.807, 2.05) is 35.8 Å². The maximum Gasteiger partial charge on any atom is 0.248 e. The van der Waals surface area contributed by atoms with Crippen LogP contribution in [0.4, 0.5) is 5.95 Å². The quantitative estimate of drug-likeness (QED) is 0.164. The van der Waals surface area contributed by atoms with Crippen molar-refractivity contribution >= 4 is 40.9 Å². The van der Waals surface area contributed by atoms with Crippen molar-refractivity contribution in [2.45, 2.75) is 10.9 Å². The van der Waals surface area contributed by atoms with Crippen molar-refractivity contribution in [3.8, 4) is 0 Å². The van der Waals surface area contributed by atoms with Crippen LogP contribution in [-0.2, 0) is 5.75 Å². The molecule has 0 saturated carbocycles. The Balaban J connectivity index is 1.73. The van der Waals surface area contributed by atoms with Gasteiger partial charge in [-0.15, -0.1) is 5.10 Å². The Kier molecular flexibility index (Phi) is 6.42. The average Bonchev–Trinajstić information content (AvgIpc) is 3.15. The van der Waals surface area contributed by atoms with E-state index in [9.17, 15) is 10.4 Å². The number of benzene rings is 2. The van der Waals surface area contributed by atoms with Gasteiger partial charge in [-0.1, -0.05) is 71.0 Å². The molecular formula is C17H15ClN6O2S. The van der Waals surface area contributed by atoms with E-state index in [1.54, 1.807) is 24.3 Å². The number of aromatic amines is 1. The molecule has 0 atom stereocenters. The smallest absolute Gasteiger partial charge is 0.248 e. The summed E-state index contributed by atoms with van der Waals surface area (Å²) in [6, 6.07) is 16.3. The minimum absolute atomic E-state index is 0.0601. The lowest BCUT2D eigenvalue weighted by Gasteiger charge is -2.05. The number of nitrogens with zero attached hydrogens (tertiary/aromatic N) is 4. The molecule has 0 aliphatic heterocycles. The van der Waals surface area contributed by atoms with E-state index >= 15 is 0 Å². The van der Waals surface area contributed by atoms with Crippen molar-refractivity contribution in [1.29, 1.82) is 0 Å². The molecule has 0 radical (unpaired) electrons. The Labute approximate surface area is 164 Å². The molecule has 1 aromatic heterocycles. The maximum atomic E-state index is 9.38. The second kappa shape index (κ2) is 9.17. The van der Waals surface area contributed by atoms with Crippen LogP contribution in [0.15, 0.2) is 69.9 Å². The van der Waals surface area contributed by atoms with Gasteiger partial charge in [0.25, 0.3) is 0 Å². The van der Waals surface area contributed by atoms with E-state index in [0.29, 0.717) is 21.5 Å². The second-order valence-corrected chi connectivity index (χ2v) is 6.62. The number of halogens is 1. The molecule has 0 saturated heterocycles. The number of oxime groups is 1. The molecule has 0 fully saturated rings.